The molecule has 0 aromatic heterocycles. The molecule has 0 saturated heterocycles. The van der Waals surface area contributed by atoms with Crippen molar-refractivity contribution in [3.05, 3.63) is 65.7 Å². The Morgan fingerprint density at radius 3 is 2.42 bits per heavy atom. The third-order valence-electron chi connectivity index (χ3n) is 3.87. The summed E-state index contributed by atoms with van der Waals surface area (Å²) in [7, 11) is 1.77. The van der Waals surface area contributed by atoms with Crippen molar-refractivity contribution in [2.45, 2.75) is 18.4 Å². The predicted molar refractivity (Wildman–Crippen MR) is 78.1 cm³/mol. The van der Waals surface area contributed by atoms with E-state index in [-0.39, 0.29) is 11.5 Å². The van der Waals surface area contributed by atoms with Gasteiger partial charge in [-0.1, -0.05) is 48.5 Å². The molecule has 2 aromatic carbocycles. The van der Waals surface area contributed by atoms with Crippen LogP contribution in [0.3, 0.4) is 0 Å². The molecule has 1 aliphatic heterocycles. The van der Waals surface area contributed by atoms with E-state index in [1.807, 2.05) is 30.5 Å². The summed E-state index contributed by atoms with van der Waals surface area (Å²) in [5.41, 5.74) is 3.14. The lowest BCUT2D eigenvalue weighted by molar-refractivity contribution is 0.0644. The average molecular weight is 251 g/mol. The fraction of sp³-hybridized carbons (Fsp3) is 0.235. The summed E-state index contributed by atoms with van der Waals surface area (Å²) in [5, 5.41) is 0. The van der Waals surface area contributed by atoms with Crippen LogP contribution >= 0.6 is 0 Å². The third-order valence-corrected chi connectivity index (χ3v) is 3.87. The summed E-state index contributed by atoms with van der Waals surface area (Å²) in [5.74, 6) is 0. The molecule has 2 heteroatoms. The number of hydrogen-bond acceptors (Lipinski definition) is 2. The second kappa shape index (κ2) is 4.63. The van der Waals surface area contributed by atoms with Crippen molar-refractivity contribution in [1.29, 1.82) is 0 Å². The lowest BCUT2D eigenvalue weighted by atomic mass is 9.74. The van der Waals surface area contributed by atoms with Gasteiger partial charge in [-0.15, -0.1) is 0 Å². The average Bonchev–Trinajstić information content (AvgIpc) is 2.48. The van der Waals surface area contributed by atoms with Gasteiger partial charge in [-0.25, -0.2) is 0 Å². The Morgan fingerprint density at radius 2 is 1.68 bits per heavy atom. The van der Waals surface area contributed by atoms with Crippen molar-refractivity contribution in [3.8, 4) is 0 Å². The van der Waals surface area contributed by atoms with Gasteiger partial charge >= 0.3 is 0 Å². The van der Waals surface area contributed by atoms with Gasteiger partial charge < -0.3 is 4.74 Å². The number of benzene rings is 2. The fourth-order valence-electron chi connectivity index (χ4n) is 2.82. The van der Waals surface area contributed by atoms with Crippen LogP contribution in [0.15, 0.2) is 59.6 Å². The van der Waals surface area contributed by atoms with E-state index in [4.69, 9.17) is 4.74 Å². The van der Waals surface area contributed by atoms with Gasteiger partial charge in [0.15, 0.2) is 0 Å². The maximum absolute atomic E-state index is 5.80. The van der Waals surface area contributed by atoms with Crippen molar-refractivity contribution in [3.63, 3.8) is 0 Å². The summed E-state index contributed by atoms with van der Waals surface area (Å²) in [4.78, 5) is 4.62. The van der Waals surface area contributed by atoms with Crippen LogP contribution in [0.4, 0.5) is 5.69 Å². The first-order valence-electron chi connectivity index (χ1n) is 6.48. The van der Waals surface area contributed by atoms with E-state index in [1.165, 1.54) is 5.56 Å². The zero-order valence-corrected chi connectivity index (χ0v) is 11.2. The molecule has 2 nitrogen and oxygen atoms in total. The number of rotatable bonds is 2. The highest BCUT2D eigenvalue weighted by atomic mass is 16.5. The molecule has 96 valence electrons. The molecule has 3 rings (SSSR count). The number of aliphatic imine (C=N–C) groups is 1. The Hall–Kier alpha value is -1.93. The first-order valence-corrected chi connectivity index (χ1v) is 6.48. The Labute approximate surface area is 113 Å². The SMILES string of the molecule is COC1c2ccccc2N=CC1(C)c1ccccc1. The van der Waals surface area contributed by atoms with Gasteiger partial charge in [-0.3, -0.25) is 4.99 Å². The quantitative estimate of drug-likeness (QED) is 0.789. The van der Waals surface area contributed by atoms with Gasteiger partial charge in [0.25, 0.3) is 0 Å². The van der Waals surface area contributed by atoms with Crippen LogP contribution in [0.5, 0.6) is 0 Å². The minimum absolute atomic E-state index is 0.0106. The lowest BCUT2D eigenvalue weighted by Gasteiger charge is -2.37. The van der Waals surface area contributed by atoms with E-state index in [0.717, 1.165) is 11.3 Å². The highest BCUT2D eigenvalue weighted by molar-refractivity contribution is 5.81. The van der Waals surface area contributed by atoms with E-state index >= 15 is 0 Å². The summed E-state index contributed by atoms with van der Waals surface area (Å²) < 4.78 is 5.80. The van der Waals surface area contributed by atoms with Crippen LogP contribution in [0.2, 0.25) is 0 Å². The van der Waals surface area contributed by atoms with Gasteiger partial charge in [0.1, 0.15) is 0 Å². The van der Waals surface area contributed by atoms with Crippen molar-refractivity contribution in [2.75, 3.05) is 7.11 Å². The van der Waals surface area contributed by atoms with Crippen LogP contribution < -0.4 is 0 Å². The van der Waals surface area contributed by atoms with Gasteiger partial charge in [-0.2, -0.15) is 0 Å². The van der Waals surface area contributed by atoms with E-state index in [2.05, 4.69) is 42.2 Å². The molecular formula is C17H17NO. The number of methoxy groups -OCH3 is 1. The van der Waals surface area contributed by atoms with Gasteiger partial charge in [0.05, 0.1) is 17.2 Å². The Morgan fingerprint density at radius 1 is 1.00 bits per heavy atom. The summed E-state index contributed by atoms with van der Waals surface area (Å²) in [6.07, 6.45) is 2.00. The molecule has 1 heterocycles. The number of nitrogens with zero attached hydrogens (tertiary/aromatic N) is 1. The molecule has 2 atom stereocenters. The van der Waals surface area contributed by atoms with Crippen molar-refractivity contribution in [2.24, 2.45) is 4.99 Å². The van der Waals surface area contributed by atoms with Crippen molar-refractivity contribution in [1.82, 2.24) is 0 Å². The lowest BCUT2D eigenvalue weighted by Crippen LogP contribution is -2.35. The molecule has 0 aliphatic carbocycles. The maximum Gasteiger partial charge on any atom is 0.0985 e. The summed E-state index contributed by atoms with van der Waals surface area (Å²) in [6, 6.07) is 18.6. The number of hydrogen-bond donors (Lipinski definition) is 0. The Bertz CT molecular complexity index is 606. The molecule has 0 fully saturated rings. The molecule has 0 saturated carbocycles. The molecule has 0 N–H and O–H groups in total. The highest BCUT2D eigenvalue weighted by Gasteiger charge is 2.39. The fourth-order valence-corrected chi connectivity index (χ4v) is 2.82. The van der Waals surface area contributed by atoms with Crippen LogP contribution in [-0.4, -0.2) is 13.3 Å². The normalized spacial score (nSPS) is 25.1. The van der Waals surface area contributed by atoms with Crippen LogP contribution in [0.25, 0.3) is 0 Å². The molecule has 2 unspecified atom stereocenters. The Balaban J connectivity index is 2.15. The minimum Gasteiger partial charge on any atom is -0.375 e. The monoisotopic (exact) mass is 251 g/mol. The largest absolute Gasteiger partial charge is 0.375 e. The topological polar surface area (TPSA) is 21.6 Å². The van der Waals surface area contributed by atoms with Crippen molar-refractivity contribution >= 4 is 11.9 Å². The molecule has 0 spiro atoms. The first-order chi connectivity index (χ1) is 9.25. The van der Waals surface area contributed by atoms with Gasteiger partial charge in [-0.05, 0) is 18.6 Å². The van der Waals surface area contributed by atoms with Crippen LogP contribution in [0.1, 0.15) is 24.2 Å². The number of ether oxygens (including phenoxy) is 1. The second-order valence-corrected chi connectivity index (χ2v) is 5.08. The van der Waals surface area contributed by atoms with Gasteiger partial charge in [0, 0.05) is 18.9 Å². The zero-order chi connectivity index (χ0) is 13.3. The summed E-state index contributed by atoms with van der Waals surface area (Å²) >= 11 is 0. The minimum atomic E-state index is -0.232. The van der Waals surface area contributed by atoms with E-state index in [9.17, 15) is 0 Å². The second-order valence-electron chi connectivity index (χ2n) is 5.08. The van der Waals surface area contributed by atoms with E-state index in [0.29, 0.717) is 0 Å². The first kappa shape index (κ1) is 12.1. The smallest absolute Gasteiger partial charge is 0.0985 e. The standard InChI is InChI=1S/C17H17NO/c1-17(13-8-4-3-5-9-13)12-18-15-11-7-6-10-14(15)16(17)19-2/h3-12,16H,1-2H3. The third kappa shape index (κ3) is 1.89. The Kier molecular flexibility index (Phi) is 2.96. The van der Waals surface area contributed by atoms with E-state index < -0.39 is 0 Å². The van der Waals surface area contributed by atoms with Crippen molar-refractivity contribution < 1.29 is 4.74 Å². The highest BCUT2D eigenvalue weighted by Crippen LogP contribution is 2.44. The molecular weight excluding hydrogens is 234 g/mol. The summed E-state index contributed by atoms with van der Waals surface area (Å²) in [6.45, 7) is 2.18. The molecule has 19 heavy (non-hydrogen) atoms. The van der Waals surface area contributed by atoms with Crippen LogP contribution in [-0.2, 0) is 10.2 Å². The zero-order valence-electron chi connectivity index (χ0n) is 11.2. The molecule has 0 bridgehead atoms. The predicted octanol–water partition coefficient (Wildman–Crippen LogP) is 4.05. The van der Waals surface area contributed by atoms with Gasteiger partial charge in [0.2, 0.25) is 0 Å². The molecule has 2 aromatic rings. The van der Waals surface area contributed by atoms with Crippen LogP contribution in [0, 0.1) is 0 Å². The number of para-hydroxylation sites is 1. The molecule has 0 radical (unpaired) electrons. The number of fused-ring (bicyclic) bond motifs is 1. The molecule has 0 amide bonds. The maximum atomic E-state index is 5.80. The molecule has 1 aliphatic rings. The van der Waals surface area contributed by atoms with E-state index in [1.54, 1.807) is 7.11 Å².